The van der Waals surface area contributed by atoms with Crippen LogP contribution < -0.4 is 9.47 Å². The van der Waals surface area contributed by atoms with E-state index in [1.54, 1.807) is 38.7 Å². The fourth-order valence-corrected chi connectivity index (χ4v) is 1.68. The molecule has 2 rings (SSSR count). The Labute approximate surface area is 105 Å². The molecule has 0 atom stereocenters. The van der Waals surface area contributed by atoms with Gasteiger partial charge in [0.15, 0.2) is 0 Å². The summed E-state index contributed by atoms with van der Waals surface area (Å²) in [4.78, 5) is 4.10. The highest BCUT2D eigenvalue weighted by Gasteiger charge is 2.08. The maximum absolute atomic E-state index is 8.86. The molecule has 18 heavy (non-hydrogen) atoms. The second kappa shape index (κ2) is 5.19. The number of methoxy groups -OCH3 is 2. The summed E-state index contributed by atoms with van der Waals surface area (Å²) in [6.07, 6.45) is 3.37. The molecule has 0 amide bonds. The molecule has 0 unspecified atom stereocenters. The van der Waals surface area contributed by atoms with Crippen molar-refractivity contribution in [1.29, 1.82) is 5.26 Å². The van der Waals surface area contributed by atoms with Crippen LogP contribution in [0.3, 0.4) is 0 Å². The summed E-state index contributed by atoms with van der Waals surface area (Å²) < 4.78 is 10.4. The van der Waals surface area contributed by atoms with Gasteiger partial charge in [-0.25, -0.2) is 0 Å². The molecule has 2 aromatic rings. The van der Waals surface area contributed by atoms with Gasteiger partial charge in [0.2, 0.25) is 0 Å². The van der Waals surface area contributed by atoms with Crippen molar-refractivity contribution in [2.45, 2.75) is 0 Å². The van der Waals surface area contributed by atoms with Gasteiger partial charge < -0.3 is 9.47 Å². The number of rotatable bonds is 3. The lowest BCUT2D eigenvalue weighted by molar-refractivity contribution is 0.412. The SMILES string of the molecule is COc1cncc(-c2ccc(C#N)cc2OC)c1. The maximum Gasteiger partial charge on any atom is 0.137 e. The van der Waals surface area contributed by atoms with Crippen LogP contribution in [0.5, 0.6) is 11.5 Å². The molecule has 0 N–H and O–H groups in total. The molecule has 0 saturated carbocycles. The Kier molecular flexibility index (Phi) is 3.44. The second-order valence-corrected chi connectivity index (χ2v) is 3.64. The van der Waals surface area contributed by atoms with Crippen LogP contribution in [0.15, 0.2) is 36.7 Å². The van der Waals surface area contributed by atoms with E-state index in [0.717, 1.165) is 11.1 Å². The van der Waals surface area contributed by atoms with Crippen molar-refractivity contribution in [3.05, 3.63) is 42.2 Å². The van der Waals surface area contributed by atoms with Crippen molar-refractivity contribution >= 4 is 0 Å². The van der Waals surface area contributed by atoms with Gasteiger partial charge in [0.1, 0.15) is 11.5 Å². The van der Waals surface area contributed by atoms with Crippen LogP contribution >= 0.6 is 0 Å². The minimum Gasteiger partial charge on any atom is -0.496 e. The Morgan fingerprint density at radius 1 is 1.11 bits per heavy atom. The lowest BCUT2D eigenvalue weighted by Gasteiger charge is -2.09. The third kappa shape index (κ3) is 2.25. The topological polar surface area (TPSA) is 55.1 Å². The average Bonchev–Trinajstić information content (AvgIpc) is 2.46. The van der Waals surface area contributed by atoms with Crippen LogP contribution in [-0.2, 0) is 0 Å². The Morgan fingerprint density at radius 3 is 2.61 bits per heavy atom. The first-order valence-electron chi connectivity index (χ1n) is 5.36. The third-order valence-corrected chi connectivity index (χ3v) is 2.59. The van der Waals surface area contributed by atoms with Gasteiger partial charge in [-0.05, 0) is 24.3 Å². The van der Waals surface area contributed by atoms with Crippen molar-refractivity contribution in [2.24, 2.45) is 0 Å². The van der Waals surface area contributed by atoms with E-state index in [9.17, 15) is 0 Å². The lowest BCUT2D eigenvalue weighted by Crippen LogP contribution is -1.91. The molecular weight excluding hydrogens is 228 g/mol. The number of pyridine rings is 1. The summed E-state index contributed by atoms with van der Waals surface area (Å²) in [7, 11) is 3.17. The van der Waals surface area contributed by atoms with Crippen LogP contribution in [0.25, 0.3) is 11.1 Å². The third-order valence-electron chi connectivity index (χ3n) is 2.59. The number of ether oxygens (including phenoxy) is 2. The summed E-state index contributed by atoms with van der Waals surface area (Å²) in [6, 6.07) is 9.25. The van der Waals surface area contributed by atoms with Crippen molar-refractivity contribution in [1.82, 2.24) is 4.98 Å². The molecule has 1 aromatic heterocycles. The molecule has 0 aliphatic heterocycles. The molecule has 0 spiro atoms. The number of hydrogen-bond donors (Lipinski definition) is 0. The number of benzene rings is 1. The van der Waals surface area contributed by atoms with Gasteiger partial charge in [0, 0.05) is 17.3 Å². The van der Waals surface area contributed by atoms with Gasteiger partial charge >= 0.3 is 0 Å². The molecule has 0 radical (unpaired) electrons. The Hall–Kier alpha value is -2.54. The molecule has 0 bridgehead atoms. The molecule has 0 aliphatic carbocycles. The Balaban J connectivity index is 2.53. The summed E-state index contributed by atoms with van der Waals surface area (Å²) in [5.41, 5.74) is 2.32. The van der Waals surface area contributed by atoms with Crippen LogP contribution in [0.1, 0.15) is 5.56 Å². The summed E-state index contributed by atoms with van der Waals surface area (Å²) in [5, 5.41) is 8.86. The number of nitriles is 1. The molecule has 0 aliphatic rings. The zero-order valence-electron chi connectivity index (χ0n) is 10.2. The molecule has 4 nitrogen and oxygen atoms in total. The van der Waals surface area contributed by atoms with E-state index in [4.69, 9.17) is 14.7 Å². The monoisotopic (exact) mass is 240 g/mol. The minimum absolute atomic E-state index is 0.562. The van der Waals surface area contributed by atoms with Gasteiger partial charge in [-0.15, -0.1) is 0 Å². The minimum atomic E-state index is 0.562. The Bertz CT molecular complexity index is 603. The molecule has 4 heteroatoms. The van der Waals surface area contributed by atoms with Crippen LogP contribution in [0.4, 0.5) is 0 Å². The van der Waals surface area contributed by atoms with Gasteiger partial charge in [0.05, 0.1) is 32.0 Å². The van der Waals surface area contributed by atoms with Gasteiger partial charge in [-0.3, -0.25) is 4.98 Å². The van der Waals surface area contributed by atoms with Gasteiger partial charge in [-0.2, -0.15) is 5.26 Å². The Morgan fingerprint density at radius 2 is 1.94 bits per heavy atom. The molecular formula is C14H12N2O2. The fraction of sp³-hybridized carbons (Fsp3) is 0.143. The lowest BCUT2D eigenvalue weighted by atomic mass is 10.0. The maximum atomic E-state index is 8.86. The molecule has 1 heterocycles. The highest BCUT2D eigenvalue weighted by atomic mass is 16.5. The quantitative estimate of drug-likeness (QED) is 0.827. The smallest absolute Gasteiger partial charge is 0.137 e. The predicted octanol–water partition coefficient (Wildman–Crippen LogP) is 2.64. The molecule has 0 saturated heterocycles. The first kappa shape index (κ1) is 11.9. The fourth-order valence-electron chi connectivity index (χ4n) is 1.68. The number of hydrogen-bond acceptors (Lipinski definition) is 4. The van der Waals surface area contributed by atoms with Gasteiger partial charge in [-0.1, -0.05) is 0 Å². The van der Waals surface area contributed by atoms with Crippen LogP contribution in [-0.4, -0.2) is 19.2 Å². The highest BCUT2D eigenvalue weighted by molar-refractivity contribution is 5.71. The first-order valence-corrected chi connectivity index (χ1v) is 5.36. The average molecular weight is 240 g/mol. The molecule has 90 valence electrons. The van der Waals surface area contributed by atoms with E-state index < -0.39 is 0 Å². The number of nitrogens with zero attached hydrogens (tertiary/aromatic N) is 2. The van der Waals surface area contributed by atoms with Crippen molar-refractivity contribution in [2.75, 3.05) is 14.2 Å². The van der Waals surface area contributed by atoms with E-state index in [0.29, 0.717) is 17.1 Å². The molecule has 0 fully saturated rings. The normalized spacial score (nSPS) is 9.61. The predicted molar refractivity (Wildman–Crippen MR) is 67.5 cm³/mol. The van der Waals surface area contributed by atoms with Crippen molar-refractivity contribution in [3.63, 3.8) is 0 Å². The van der Waals surface area contributed by atoms with E-state index in [1.165, 1.54) is 0 Å². The summed E-state index contributed by atoms with van der Waals surface area (Å²) in [6.45, 7) is 0. The van der Waals surface area contributed by atoms with Crippen molar-refractivity contribution < 1.29 is 9.47 Å². The van der Waals surface area contributed by atoms with E-state index in [1.807, 2.05) is 12.1 Å². The zero-order valence-corrected chi connectivity index (χ0v) is 10.2. The molecule has 1 aromatic carbocycles. The van der Waals surface area contributed by atoms with E-state index in [2.05, 4.69) is 11.1 Å². The van der Waals surface area contributed by atoms with E-state index in [-0.39, 0.29) is 0 Å². The first-order chi connectivity index (χ1) is 8.78. The van der Waals surface area contributed by atoms with Crippen molar-refractivity contribution in [3.8, 4) is 28.7 Å². The second-order valence-electron chi connectivity index (χ2n) is 3.64. The zero-order chi connectivity index (χ0) is 13.0. The van der Waals surface area contributed by atoms with Gasteiger partial charge in [0.25, 0.3) is 0 Å². The summed E-state index contributed by atoms with van der Waals surface area (Å²) >= 11 is 0. The highest BCUT2D eigenvalue weighted by Crippen LogP contribution is 2.31. The standard InChI is InChI=1S/C14H12N2O2/c1-17-12-6-11(8-16-9-12)13-4-3-10(7-15)5-14(13)18-2/h3-6,8-9H,1-2H3. The number of aromatic nitrogens is 1. The summed E-state index contributed by atoms with van der Waals surface area (Å²) in [5.74, 6) is 1.32. The van der Waals surface area contributed by atoms with Crippen LogP contribution in [0.2, 0.25) is 0 Å². The van der Waals surface area contributed by atoms with Crippen LogP contribution in [0, 0.1) is 11.3 Å². The van der Waals surface area contributed by atoms with E-state index >= 15 is 0 Å². The largest absolute Gasteiger partial charge is 0.496 e.